The van der Waals surface area contributed by atoms with Gasteiger partial charge in [0.15, 0.2) is 5.65 Å². The number of nitrogens with zero attached hydrogens (tertiary/aromatic N) is 5. The lowest BCUT2D eigenvalue weighted by molar-refractivity contribution is 0.0887. The number of aryl methyl sites for hydroxylation is 1. The molecule has 1 aliphatic rings. The number of nitrogens with one attached hydrogen (secondary N) is 2. The van der Waals surface area contributed by atoms with E-state index in [9.17, 15) is 4.79 Å². The topological polar surface area (TPSA) is 101 Å². The number of aromatic nitrogens is 6. The Morgan fingerprint density at radius 1 is 1.44 bits per heavy atom. The van der Waals surface area contributed by atoms with Crippen LogP contribution in [0.25, 0.3) is 17.1 Å². The molecule has 0 aliphatic heterocycles. The van der Waals surface area contributed by atoms with Gasteiger partial charge in [-0.15, -0.1) is 5.10 Å². The Kier molecular flexibility index (Phi) is 3.79. The number of carbonyl (C=O) groups excluding carboxylic acids is 1. The average molecular weight is 337 g/mol. The van der Waals surface area contributed by atoms with E-state index in [1.54, 1.807) is 6.20 Å². The normalized spacial score (nSPS) is 20.1. The summed E-state index contributed by atoms with van der Waals surface area (Å²) in [4.78, 5) is 16.7. The lowest BCUT2D eigenvalue weighted by Crippen LogP contribution is -2.45. The maximum absolute atomic E-state index is 12.4. The van der Waals surface area contributed by atoms with Crippen LogP contribution in [0.4, 0.5) is 0 Å². The van der Waals surface area contributed by atoms with E-state index in [4.69, 9.17) is 0 Å². The SMILES string of the molecule is C/C=C/c1cn(C2CC(NC(=O)c3cnc4n[nH]c(C)c4c3)C2)nn1. The molecule has 0 aromatic carbocycles. The Labute approximate surface area is 144 Å². The quantitative estimate of drug-likeness (QED) is 0.758. The number of hydrogen-bond donors (Lipinski definition) is 2. The van der Waals surface area contributed by atoms with Crippen molar-refractivity contribution in [2.24, 2.45) is 0 Å². The van der Waals surface area contributed by atoms with Crippen LogP contribution in [0.5, 0.6) is 0 Å². The minimum atomic E-state index is -0.105. The second kappa shape index (κ2) is 6.12. The second-order valence-electron chi connectivity index (χ2n) is 6.36. The van der Waals surface area contributed by atoms with E-state index in [0.717, 1.165) is 29.6 Å². The van der Waals surface area contributed by atoms with Crippen molar-refractivity contribution >= 4 is 23.0 Å². The summed E-state index contributed by atoms with van der Waals surface area (Å²) in [5.74, 6) is -0.105. The second-order valence-corrected chi connectivity index (χ2v) is 6.36. The molecule has 1 saturated carbocycles. The van der Waals surface area contributed by atoms with Crippen LogP contribution in [0, 0.1) is 6.92 Å². The van der Waals surface area contributed by atoms with E-state index in [1.807, 2.05) is 42.9 Å². The summed E-state index contributed by atoms with van der Waals surface area (Å²) < 4.78 is 1.88. The smallest absolute Gasteiger partial charge is 0.253 e. The van der Waals surface area contributed by atoms with E-state index >= 15 is 0 Å². The van der Waals surface area contributed by atoms with Gasteiger partial charge in [0.25, 0.3) is 5.91 Å². The monoisotopic (exact) mass is 337 g/mol. The molecule has 2 N–H and O–H groups in total. The molecule has 0 spiro atoms. The molecule has 3 heterocycles. The highest BCUT2D eigenvalue weighted by Crippen LogP contribution is 2.31. The zero-order valence-corrected chi connectivity index (χ0v) is 14.1. The minimum Gasteiger partial charge on any atom is -0.349 e. The summed E-state index contributed by atoms with van der Waals surface area (Å²) in [6, 6.07) is 2.26. The fourth-order valence-electron chi connectivity index (χ4n) is 3.05. The number of aromatic amines is 1. The highest BCUT2D eigenvalue weighted by molar-refractivity contribution is 5.97. The molecule has 1 fully saturated rings. The van der Waals surface area contributed by atoms with Crippen molar-refractivity contribution in [2.45, 2.75) is 38.8 Å². The van der Waals surface area contributed by atoms with Gasteiger partial charge in [-0.1, -0.05) is 11.3 Å². The van der Waals surface area contributed by atoms with Gasteiger partial charge in [0.1, 0.15) is 5.69 Å². The first kappa shape index (κ1) is 15.5. The van der Waals surface area contributed by atoms with Gasteiger partial charge >= 0.3 is 0 Å². The number of rotatable bonds is 4. The van der Waals surface area contributed by atoms with Crippen molar-refractivity contribution in [1.82, 2.24) is 35.5 Å². The molecule has 1 amide bonds. The molecule has 0 atom stereocenters. The highest BCUT2D eigenvalue weighted by atomic mass is 16.1. The molecule has 1 aliphatic carbocycles. The van der Waals surface area contributed by atoms with Gasteiger partial charge in [-0.2, -0.15) is 5.10 Å². The number of H-pyrrole nitrogens is 1. The molecule has 0 saturated heterocycles. The zero-order valence-electron chi connectivity index (χ0n) is 14.1. The Morgan fingerprint density at radius 2 is 2.28 bits per heavy atom. The third-order valence-corrected chi connectivity index (χ3v) is 4.55. The number of pyridine rings is 1. The van der Waals surface area contributed by atoms with Crippen molar-refractivity contribution in [3.05, 3.63) is 41.5 Å². The molecule has 4 rings (SSSR count). The maximum Gasteiger partial charge on any atom is 0.253 e. The summed E-state index contributed by atoms with van der Waals surface area (Å²) in [6.45, 7) is 3.86. The van der Waals surface area contributed by atoms with E-state index in [-0.39, 0.29) is 18.0 Å². The molecule has 25 heavy (non-hydrogen) atoms. The van der Waals surface area contributed by atoms with Crippen LogP contribution in [0.15, 0.2) is 24.5 Å². The third kappa shape index (κ3) is 2.90. The molecular weight excluding hydrogens is 318 g/mol. The van der Waals surface area contributed by atoms with Crippen LogP contribution < -0.4 is 5.32 Å². The molecule has 128 valence electrons. The van der Waals surface area contributed by atoms with E-state index < -0.39 is 0 Å². The van der Waals surface area contributed by atoms with Gasteiger partial charge in [-0.05, 0) is 38.8 Å². The zero-order chi connectivity index (χ0) is 17.4. The molecule has 0 radical (unpaired) electrons. The van der Waals surface area contributed by atoms with Crippen LogP contribution in [0.3, 0.4) is 0 Å². The molecule has 3 aromatic rings. The molecule has 0 bridgehead atoms. The van der Waals surface area contributed by atoms with Crippen molar-refractivity contribution in [3.63, 3.8) is 0 Å². The fraction of sp³-hybridized carbons (Fsp3) is 0.353. The van der Waals surface area contributed by atoms with Gasteiger partial charge in [-0.25, -0.2) is 9.67 Å². The number of fused-ring (bicyclic) bond motifs is 1. The predicted molar refractivity (Wildman–Crippen MR) is 92.9 cm³/mol. The molecular formula is C17H19N7O. The van der Waals surface area contributed by atoms with E-state index in [0.29, 0.717) is 11.2 Å². The van der Waals surface area contributed by atoms with Gasteiger partial charge in [0, 0.05) is 23.3 Å². The van der Waals surface area contributed by atoms with Crippen molar-refractivity contribution < 1.29 is 4.79 Å². The molecule has 8 nitrogen and oxygen atoms in total. The van der Waals surface area contributed by atoms with Crippen LogP contribution in [0.1, 0.15) is 47.6 Å². The van der Waals surface area contributed by atoms with Crippen LogP contribution >= 0.6 is 0 Å². The van der Waals surface area contributed by atoms with E-state index in [1.165, 1.54) is 0 Å². The Morgan fingerprint density at radius 3 is 3.08 bits per heavy atom. The third-order valence-electron chi connectivity index (χ3n) is 4.55. The van der Waals surface area contributed by atoms with Gasteiger partial charge in [-0.3, -0.25) is 9.89 Å². The van der Waals surface area contributed by atoms with Gasteiger partial charge < -0.3 is 5.32 Å². The predicted octanol–water partition coefficient (Wildman–Crippen LogP) is 2.02. The molecule has 0 unspecified atom stereocenters. The standard InChI is InChI=1S/C17H19N7O/c1-3-4-12-9-24(23-21-12)14-6-13(7-14)19-17(25)11-5-15-10(2)20-22-16(15)18-8-11/h3-5,8-9,13-14H,6-7H2,1-2H3,(H,19,25)(H,18,20,22)/b4-3+. The first-order valence-electron chi connectivity index (χ1n) is 8.30. The summed E-state index contributed by atoms with van der Waals surface area (Å²) in [5, 5.41) is 19.1. The van der Waals surface area contributed by atoms with Crippen LogP contribution in [0.2, 0.25) is 0 Å². The fourth-order valence-corrected chi connectivity index (χ4v) is 3.05. The average Bonchev–Trinajstić information content (AvgIpc) is 3.17. The van der Waals surface area contributed by atoms with E-state index in [2.05, 4.69) is 30.8 Å². The van der Waals surface area contributed by atoms with Crippen molar-refractivity contribution in [1.29, 1.82) is 0 Å². The van der Waals surface area contributed by atoms with Gasteiger partial charge in [0.2, 0.25) is 0 Å². The Bertz CT molecular complexity index is 949. The lowest BCUT2D eigenvalue weighted by atomic mass is 9.86. The summed E-state index contributed by atoms with van der Waals surface area (Å²) in [6.07, 6.45) is 9.06. The largest absolute Gasteiger partial charge is 0.349 e. The lowest BCUT2D eigenvalue weighted by Gasteiger charge is -2.35. The number of allylic oxidation sites excluding steroid dienone is 1. The first-order valence-corrected chi connectivity index (χ1v) is 8.30. The highest BCUT2D eigenvalue weighted by Gasteiger charge is 2.32. The van der Waals surface area contributed by atoms with Crippen LogP contribution in [-0.4, -0.2) is 42.1 Å². The van der Waals surface area contributed by atoms with Crippen molar-refractivity contribution in [3.8, 4) is 0 Å². The van der Waals surface area contributed by atoms with Gasteiger partial charge in [0.05, 0.1) is 17.8 Å². The molecule has 8 heteroatoms. The van der Waals surface area contributed by atoms with Crippen molar-refractivity contribution in [2.75, 3.05) is 0 Å². The first-order chi connectivity index (χ1) is 12.1. The summed E-state index contributed by atoms with van der Waals surface area (Å²) in [5.41, 5.74) is 2.94. The Balaban J connectivity index is 1.38. The summed E-state index contributed by atoms with van der Waals surface area (Å²) >= 11 is 0. The number of amides is 1. The molecule has 3 aromatic heterocycles. The van der Waals surface area contributed by atoms with Crippen LogP contribution in [-0.2, 0) is 0 Å². The summed E-state index contributed by atoms with van der Waals surface area (Å²) in [7, 11) is 0. The minimum absolute atomic E-state index is 0.105. The number of hydrogen-bond acceptors (Lipinski definition) is 5. The number of carbonyl (C=O) groups is 1. The Hall–Kier alpha value is -3.03. The maximum atomic E-state index is 12.4.